The molecule has 0 amide bonds. The van der Waals surface area contributed by atoms with Crippen LogP contribution in [-0.2, 0) is 13.0 Å². The predicted molar refractivity (Wildman–Crippen MR) is 65.5 cm³/mol. The summed E-state index contributed by atoms with van der Waals surface area (Å²) in [6, 6.07) is 3.30. The van der Waals surface area contributed by atoms with Crippen LogP contribution >= 0.6 is 0 Å². The van der Waals surface area contributed by atoms with Gasteiger partial charge in [-0.3, -0.25) is 9.67 Å². The van der Waals surface area contributed by atoms with Gasteiger partial charge in [-0.15, -0.1) is 0 Å². The Balaban J connectivity index is 2.42. The van der Waals surface area contributed by atoms with Gasteiger partial charge in [0.25, 0.3) is 0 Å². The molecular formula is C13H16FN3O. The molecule has 1 atom stereocenters. The molecule has 2 heterocycles. The summed E-state index contributed by atoms with van der Waals surface area (Å²) < 4.78 is 15.3. The quantitative estimate of drug-likeness (QED) is 0.902. The second-order valence-electron chi connectivity index (χ2n) is 4.03. The summed E-state index contributed by atoms with van der Waals surface area (Å²) in [6.45, 7) is 4.57. The van der Waals surface area contributed by atoms with Crippen molar-refractivity contribution in [3.63, 3.8) is 0 Å². The van der Waals surface area contributed by atoms with E-state index in [1.165, 1.54) is 12.3 Å². The normalized spacial score (nSPS) is 12.7. The topological polar surface area (TPSA) is 50.9 Å². The molecule has 0 aromatic carbocycles. The van der Waals surface area contributed by atoms with Crippen molar-refractivity contribution in [1.82, 2.24) is 14.8 Å². The summed E-state index contributed by atoms with van der Waals surface area (Å²) in [5.41, 5.74) is 1.72. The highest BCUT2D eigenvalue weighted by Gasteiger charge is 2.19. The van der Waals surface area contributed by atoms with E-state index in [0.717, 1.165) is 18.3 Å². The van der Waals surface area contributed by atoms with Crippen molar-refractivity contribution in [2.75, 3.05) is 0 Å². The first-order valence-electron chi connectivity index (χ1n) is 6.01. The SMILES string of the molecule is CCc1cc(C(O)c2ccncc2F)n(CC)n1. The highest BCUT2D eigenvalue weighted by atomic mass is 19.1. The van der Waals surface area contributed by atoms with E-state index in [0.29, 0.717) is 12.2 Å². The Morgan fingerprint density at radius 3 is 2.83 bits per heavy atom. The van der Waals surface area contributed by atoms with Crippen molar-refractivity contribution in [2.24, 2.45) is 0 Å². The molecule has 0 aliphatic heterocycles. The second-order valence-corrected chi connectivity index (χ2v) is 4.03. The van der Waals surface area contributed by atoms with E-state index in [1.807, 2.05) is 19.9 Å². The maximum Gasteiger partial charge on any atom is 0.147 e. The van der Waals surface area contributed by atoms with Crippen LogP contribution in [0.2, 0.25) is 0 Å². The van der Waals surface area contributed by atoms with Crippen LogP contribution in [0, 0.1) is 5.82 Å². The van der Waals surface area contributed by atoms with Crippen LogP contribution in [-0.4, -0.2) is 19.9 Å². The van der Waals surface area contributed by atoms with Crippen LogP contribution in [0.25, 0.3) is 0 Å². The fourth-order valence-corrected chi connectivity index (χ4v) is 1.90. The largest absolute Gasteiger partial charge is 0.382 e. The minimum Gasteiger partial charge on any atom is -0.382 e. The van der Waals surface area contributed by atoms with Crippen molar-refractivity contribution < 1.29 is 9.50 Å². The lowest BCUT2D eigenvalue weighted by Gasteiger charge is -2.12. The van der Waals surface area contributed by atoms with Gasteiger partial charge in [-0.25, -0.2) is 4.39 Å². The first-order valence-corrected chi connectivity index (χ1v) is 6.01. The summed E-state index contributed by atoms with van der Waals surface area (Å²) in [5, 5.41) is 14.6. The summed E-state index contributed by atoms with van der Waals surface area (Å²) in [6.07, 6.45) is 2.34. The van der Waals surface area contributed by atoms with Crippen LogP contribution in [0.4, 0.5) is 4.39 Å². The van der Waals surface area contributed by atoms with Gasteiger partial charge < -0.3 is 5.11 Å². The lowest BCUT2D eigenvalue weighted by atomic mass is 10.1. The molecular weight excluding hydrogens is 233 g/mol. The standard InChI is InChI=1S/C13H16FN3O/c1-3-9-7-12(17(4-2)16-9)13(18)10-5-6-15-8-11(10)14/h5-8,13,18H,3-4H2,1-2H3. The monoisotopic (exact) mass is 249 g/mol. The fourth-order valence-electron chi connectivity index (χ4n) is 1.90. The van der Waals surface area contributed by atoms with E-state index in [-0.39, 0.29) is 5.56 Å². The number of rotatable bonds is 4. The van der Waals surface area contributed by atoms with Crippen molar-refractivity contribution >= 4 is 0 Å². The average Bonchev–Trinajstić information content (AvgIpc) is 2.82. The van der Waals surface area contributed by atoms with E-state index >= 15 is 0 Å². The molecule has 0 saturated carbocycles. The number of hydrogen-bond acceptors (Lipinski definition) is 3. The third-order valence-corrected chi connectivity index (χ3v) is 2.90. The van der Waals surface area contributed by atoms with Crippen LogP contribution < -0.4 is 0 Å². The summed E-state index contributed by atoms with van der Waals surface area (Å²) >= 11 is 0. The second kappa shape index (κ2) is 5.27. The number of aromatic nitrogens is 3. The van der Waals surface area contributed by atoms with Crippen molar-refractivity contribution in [3.05, 3.63) is 47.3 Å². The fraction of sp³-hybridized carbons (Fsp3) is 0.385. The van der Waals surface area contributed by atoms with Crippen molar-refractivity contribution in [1.29, 1.82) is 0 Å². The highest BCUT2D eigenvalue weighted by Crippen LogP contribution is 2.24. The van der Waals surface area contributed by atoms with Gasteiger partial charge in [0.15, 0.2) is 0 Å². The first kappa shape index (κ1) is 12.7. The molecule has 4 nitrogen and oxygen atoms in total. The Morgan fingerprint density at radius 1 is 1.44 bits per heavy atom. The van der Waals surface area contributed by atoms with Gasteiger partial charge in [-0.05, 0) is 25.5 Å². The molecule has 0 aliphatic carbocycles. The molecule has 0 bridgehead atoms. The molecule has 0 radical (unpaired) electrons. The van der Waals surface area contributed by atoms with Gasteiger partial charge >= 0.3 is 0 Å². The lowest BCUT2D eigenvalue weighted by molar-refractivity contribution is 0.202. The van der Waals surface area contributed by atoms with Crippen LogP contribution in [0.3, 0.4) is 0 Å². The molecule has 2 aromatic rings. The number of nitrogens with zero attached hydrogens (tertiary/aromatic N) is 3. The molecule has 0 saturated heterocycles. The number of halogens is 1. The maximum atomic E-state index is 13.6. The first-order chi connectivity index (χ1) is 8.67. The van der Waals surface area contributed by atoms with Gasteiger partial charge in [-0.2, -0.15) is 5.10 Å². The Bertz CT molecular complexity index is 539. The Labute approximate surface area is 105 Å². The van der Waals surface area contributed by atoms with Crippen LogP contribution in [0.15, 0.2) is 24.5 Å². The molecule has 1 N–H and O–H groups in total. The predicted octanol–water partition coefficient (Wildman–Crippen LogP) is 2.08. The number of aryl methyl sites for hydroxylation is 2. The van der Waals surface area contributed by atoms with E-state index in [1.54, 1.807) is 4.68 Å². The summed E-state index contributed by atoms with van der Waals surface area (Å²) in [7, 11) is 0. The van der Waals surface area contributed by atoms with Gasteiger partial charge in [0, 0.05) is 18.3 Å². The Morgan fingerprint density at radius 2 is 2.22 bits per heavy atom. The van der Waals surface area contributed by atoms with E-state index < -0.39 is 11.9 Å². The molecule has 2 rings (SSSR count). The molecule has 0 aliphatic rings. The van der Waals surface area contributed by atoms with E-state index in [9.17, 15) is 9.50 Å². The summed E-state index contributed by atoms with van der Waals surface area (Å²) in [4.78, 5) is 3.68. The van der Waals surface area contributed by atoms with Crippen LogP contribution in [0.1, 0.15) is 36.9 Å². The summed E-state index contributed by atoms with van der Waals surface area (Å²) in [5.74, 6) is -0.507. The van der Waals surface area contributed by atoms with Crippen molar-refractivity contribution in [3.8, 4) is 0 Å². The molecule has 0 fully saturated rings. The smallest absolute Gasteiger partial charge is 0.147 e. The van der Waals surface area contributed by atoms with Gasteiger partial charge in [0.05, 0.1) is 17.6 Å². The zero-order valence-corrected chi connectivity index (χ0v) is 10.5. The zero-order valence-electron chi connectivity index (χ0n) is 10.5. The Kier molecular flexibility index (Phi) is 3.72. The number of hydrogen-bond donors (Lipinski definition) is 1. The third-order valence-electron chi connectivity index (χ3n) is 2.90. The van der Waals surface area contributed by atoms with Gasteiger partial charge in [-0.1, -0.05) is 6.92 Å². The van der Waals surface area contributed by atoms with E-state index in [4.69, 9.17) is 0 Å². The van der Waals surface area contributed by atoms with Crippen LogP contribution in [0.5, 0.6) is 0 Å². The molecule has 96 valence electrons. The maximum absolute atomic E-state index is 13.6. The number of aliphatic hydroxyl groups excluding tert-OH is 1. The van der Waals surface area contributed by atoms with Gasteiger partial charge in [0.2, 0.25) is 0 Å². The lowest BCUT2D eigenvalue weighted by Crippen LogP contribution is -2.10. The molecule has 1 unspecified atom stereocenters. The minimum absolute atomic E-state index is 0.224. The third kappa shape index (κ3) is 2.26. The molecule has 2 aromatic heterocycles. The number of pyridine rings is 1. The molecule has 5 heteroatoms. The number of aliphatic hydroxyl groups is 1. The zero-order chi connectivity index (χ0) is 13.1. The van der Waals surface area contributed by atoms with E-state index in [2.05, 4.69) is 10.1 Å². The molecule has 0 spiro atoms. The average molecular weight is 249 g/mol. The molecule has 18 heavy (non-hydrogen) atoms. The van der Waals surface area contributed by atoms with Gasteiger partial charge in [0.1, 0.15) is 11.9 Å². The highest BCUT2D eigenvalue weighted by molar-refractivity contribution is 5.26. The Hall–Kier alpha value is -1.75. The minimum atomic E-state index is -1.01. The van der Waals surface area contributed by atoms with Crippen molar-refractivity contribution in [2.45, 2.75) is 32.9 Å².